The molecule has 368 valence electrons. The molecule has 17 nitrogen and oxygen atoms in total. The number of hydrogen-bond acceptors (Lipinski definition) is 16. The van der Waals surface area contributed by atoms with Gasteiger partial charge in [0.25, 0.3) is 18.3 Å². The van der Waals surface area contributed by atoms with Gasteiger partial charge in [0.05, 0.1) is 6.54 Å². The van der Waals surface area contributed by atoms with Crippen molar-refractivity contribution in [1.29, 1.82) is 0 Å². The lowest BCUT2D eigenvalue weighted by molar-refractivity contribution is -0.154. The first-order valence-electron chi connectivity index (χ1n) is 22.6. The van der Waals surface area contributed by atoms with Gasteiger partial charge in [0.1, 0.15) is 42.1 Å². The summed E-state index contributed by atoms with van der Waals surface area (Å²) in [5.74, 6) is -2.31. The Morgan fingerprint density at radius 1 is 0.863 bits per heavy atom. The molecular weight excluding hydrogens is 989 g/mol. The number of aromatic nitrogens is 4. The SMILES string of the molecule is CON=C(C(=O)NC1C(=O)N2C(C(=O)OC(c3ccccc3)c3ccccc3)=C(C=C(S)c3n[nH]c(=O)c(=O)n3CCOC=O)CSC12)c1csc(NC(c2ccccc2)(c2ccccc2)c2ccccc2)n1. The van der Waals surface area contributed by atoms with Crippen molar-refractivity contribution in [2.75, 3.05) is 24.8 Å². The molecule has 3 N–H and O–H groups in total. The van der Waals surface area contributed by atoms with E-state index in [0.29, 0.717) is 16.3 Å². The summed E-state index contributed by atoms with van der Waals surface area (Å²) in [6, 6.07) is 46.9. The maximum atomic E-state index is 14.8. The van der Waals surface area contributed by atoms with Gasteiger partial charge < -0.3 is 24.9 Å². The third-order valence-electron chi connectivity index (χ3n) is 12.0. The number of thiazole rings is 1. The highest BCUT2D eigenvalue weighted by molar-refractivity contribution is 8.00. The zero-order valence-electron chi connectivity index (χ0n) is 38.7. The largest absolute Gasteiger partial charge is 0.466 e. The molecule has 0 bridgehead atoms. The molecule has 2 aromatic heterocycles. The number of thioether (sulfide) groups is 1. The number of nitrogens with one attached hydrogen (secondary N) is 3. The summed E-state index contributed by atoms with van der Waals surface area (Å²) >= 11 is 7.15. The minimum Gasteiger partial charge on any atom is -0.466 e. The van der Waals surface area contributed by atoms with Crippen LogP contribution in [0.2, 0.25) is 0 Å². The lowest BCUT2D eigenvalue weighted by atomic mass is 9.77. The van der Waals surface area contributed by atoms with Crippen LogP contribution in [0, 0.1) is 0 Å². The summed E-state index contributed by atoms with van der Waals surface area (Å²) in [6.45, 7) is -0.297. The van der Waals surface area contributed by atoms with Crippen LogP contribution in [-0.2, 0) is 45.6 Å². The molecule has 5 aromatic carbocycles. The number of β-lactam (4-membered cyclic amide) rings is 1. The van der Waals surface area contributed by atoms with E-state index in [9.17, 15) is 28.8 Å². The molecular formula is C53H44N8O9S3. The number of benzene rings is 5. The number of esters is 1. The van der Waals surface area contributed by atoms with Gasteiger partial charge in [0, 0.05) is 16.0 Å². The standard InChI is InChI=1S/C53H44N8O9S3/c1-68-59-41(39-31-73-52(54-39)56-53(36-21-11-4-12-22-36,37-23-13-5-14-24-37)38-25-15-6-16-26-38)46(63)55-42-48(65)61-43(51(67)70-44(33-17-7-2-8-18-33)34-19-9-3-10-20-34)35(30-72-50(42)61)29-40(71)45-57-58-47(64)49(66)60(45)27-28-69-32-62/h2-26,29,31-32,42,44,50,71H,27-28,30H2,1H3,(H,54,56)(H,55,63)(H,58,64). The van der Waals surface area contributed by atoms with Crippen molar-refractivity contribution in [2.45, 2.75) is 29.6 Å². The summed E-state index contributed by atoms with van der Waals surface area (Å²) < 4.78 is 12.1. The van der Waals surface area contributed by atoms with Gasteiger partial charge in [-0.1, -0.05) is 157 Å². The van der Waals surface area contributed by atoms with Crippen molar-refractivity contribution in [3.63, 3.8) is 0 Å². The molecule has 73 heavy (non-hydrogen) atoms. The first kappa shape index (κ1) is 49.6. The average molecular weight is 1030 g/mol. The Hall–Kier alpha value is -8.33. The number of oxime groups is 1. The summed E-state index contributed by atoms with van der Waals surface area (Å²) in [5.41, 5.74) is 1.30. The molecule has 0 spiro atoms. The number of aromatic amines is 1. The minimum atomic E-state index is -1.15. The second-order valence-corrected chi connectivity index (χ2v) is 18.7. The van der Waals surface area contributed by atoms with E-state index >= 15 is 0 Å². The molecule has 9 rings (SSSR count). The number of H-pyrrole nitrogens is 1. The van der Waals surface area contributed by atoms with Gasteiger partial charge >= 0.3 is 17.1 Å². The lowest BCUT2D eigenvalue weighted by Gasteiger charge is -2.49. The van der Waals surface area contributed by atoms with Crippen LogP contribution in [0.3, 0.4) is 0 Å². The van der Waals surface area contributed by atoms with Crippen LogP contribution < -0.4 is 21.8 Å². The van der Waals surface area contributed by atoms with E-state index in [-0.39, 0.29) is 58.8 Å². The Labute approximate surface area is 431 Å². The Bertz CT molecular complexity index is 3220. The Kier molecular flexibility index (Phi) is 15.2. The highest BCUT2D eigenvalue weighted by Crippen LogP contribution is 2.44. The third-order valence-corrected chi connectivity index (χ3v) is 14.4. The van der Waals surface area contributed by atoms with Crippen molar-refractivity contribution in [3.05, 3.63) is 234 Å². The first-order valence-corrected chi connectivity index (χ1v) is 25.0. The highest BCUT2D eigenvalue weighted by Gasteiger charge is 2.55. The predicted molar refractivity (Wildman–Crippen MR) is 279 cm³/mol. The van der Waals surface area contributed by atoms with Crippen molar-refractivity contribution in [3.8, 4) is 0 Å². The van der Waals surface area contributed by atoms with Crippen LogP contribution in [0.15, 0.2) is 189 Å². The molecule has 20 heteroatoms. The molecule has 0 saturated carbocycles. The van der Waals surface area contributed by atoms with Gasteiger partial charge in [-0.05, 0) is 39.5 Å². The van der Waals surface area contributed by atoms with Crippen LogP contribution >= 0.6 is 35.7 Å². The van der Waals surface area contributed by atoms with Crippen molar-refractivity contribution >= 4 is 75.7 Å². The van der Waals surface area contributed by atoms with Gasteiger partial charge in [0.15, 0.2) is 22.8 Å². The number of ether oxygens (including phenoxy) is 2. The number of rotatable bonds is 19. The Morgan fingerprint density at radius 3 is 1.97 bits per heavy atom. The molecule has 2 amide bonds. The average Bonchev–Trinajstić information content (AvgIpc) is 3.90. The fourth-order valence-corrected chi connectivity index (χ4v) is 11.0. The van der Waals surface area contributed by atoms with E-state index in [4.69, 9.17) is 19.3 Å². The summed E-state index contributed by atoms with van der Waals surface area (Å²) in [6.07, 6.45) is 0.536. The highest BCUT2D eigenvalue weighted by atomic mass is 32.2. The predicted octanol–water partition coefficient (Wildman–Crippen LogP) is 6.27. The topological polar surface area (TPSA) is 216 Å². The second kappa shape index (κ2) is 22.4. The summed E-state index contributed by atoms with van der Waals surface area (Å²) in [7, 11) is 1.30. The van der Waals surface area contributed by atoms with Crippen LogP contribution in [0.1, 0.15) is 45.4 Å². The second-order valence-electron chi connectivity index (χ2n) is 16.3. The summed E-state index contributed by atoms with van der Waals surface area (Å²) in [4.78, 5) is 91.2. The van der Waals surface area contributed by atoms with E-state index < -0.39 is 52.0 Å². The van der Waals surface area contributed by atoms with E-state index in [2.05, 4.69) is 38.6 Å². The minimum absolute atomic E-state index is 0.0189. The molecule has 2 aliphatic rings. The smallest absolute Gasteiger partial charge is 0.356 e. The first-order chi connectivity index (χ1) is 35.6. The van der Waals surface area contributed by atoms with E-state index in [1.54, 1.807) is 5.38 Å². The molecule has 4 heterocycles. The number of thiol groups is 1. The van der Waals surface area contributed by atoms with Crippen molar-refractivity contribution in [2.24, 2.45) is 5.16 Å². The quantitative estimate of drug-likeness (QED) is 0.00810. The van der Waals surface area contributed by atoms with E-state index in [0.717, 1.165) is 21.3 Å². The fourth-order valence-electron chi connectivity index (χ4n) is 8.63. The maximum absolute atomic E-state index is 14.8. The van der Waals surface area contributed by atoms with Gasteiger partial charge in [-0.3, -0.25) is 33.4 Å². The number of nitrogens with zero attached hydrogens (tertiary/aromatic N) is 5. The Balaban J connectivity index is 1.03. The maximum Gasteiger partial charge on any atom is 0.356 e. The molecule has 2 unspecified atom stereocenters. The number of fused-ring (bicyclic) bond motifs is 1. The van der Waals surface area contributed by atoms with Crippen LogP contribution in [-0.4, -0.2) is 85.5 Å². The van der Waals surface area contributed by atoms with Gasteiger partial charge in [-0.25, -0.2) is 14.9 Å². The number of carbonyl (C=O) groups is 4. The van der Waals surface area contributed by atoms with Gasteiger partial charge in [0.2, 0.25) is 0 Å². The van der Waals surface area contributed by atoms with Crippen molar-refractivity contribution in [1.82, 2.24) is 30.0 Å². The van der Waals surface area contributed by atoms with Crippen LogP contribution in [0.4, 0.5) is 5.13 Å². The monoisotopic (exact) mass is 1030 g/mol. The number of hydrogen-bond donors (Lipinski definition) is 4. The number of anilines is 1. The van der Waals surface area contributed by atoms with Crippen molar-refractivity contribution < 1.29 is 33.5 Å². The molecule has 0 aliphatic carbocycles. The van der Waals surface area contributed by atoms with Crippen LogP contribution in [0.5, 0.6) is 0 Å². The molecule has 7 aromatic rings. The zero-order valence-corrected chi connectivity index (χ0v) is 41.2. The number of carbonyl (C=O) groups excluding carboxylic acids is 4. The lowest BCUT2D eigenvalue weighted by Crippen LogP contribution is -2.71. The fraction of sp³-hybridized carbons (Fsp3) is 0.151. The number of allylic oxidation sites excluding steroid dienone is 1. The van der Waals surface area contributed by atoms with Crippen LogP contribution in [0.25, 0.3) is 4.91 Å². The zero-order chi connectivity index (χ0) is 50.9. The Morgan fingerprint density at radius 2 is 1.42 bits per heavy atom. The third kappa shape index (κ3) is 10.3. The molecule has 1 fully saturated rings. The molecule has 1 saturated heterocycles. The number of amides is 2. The van der Waals surface area contributed by atoms with E-state index in [1.807, 2.05) is 152 Å². The summed E-state index contributed by atoms with van der Waals surface area (Å²) in [5, 5.41) is 18.1. The van der Waals surface area contributed by atoms with Gasteiger partial charge in [-0.2, -0.15) is 5.10 Å². The molecule has 2 atom stereocenters. The normalized spacial score (nSPS) is 15.8. The van der Waals surface area contributed by atoms with Gasteiger partial charge in [-0.15, -0.1) is 35.7 Å². The molecule has 2 aliphatic heterocycles. The molecule has 0 radical (unpaired) electrons. The van der Waals surface area contributed by atoms with E-state index in [1.165, 1.54) is 41.2 Å².